The van der Waals surface area contributed by atoms with Crippen molar-refractivity contribution in [2.24, 2.45) is 10.9 Å². The van der Waals surface area contributed by atoms with Crippen LogP contribution in [0.1, 0.15) is 38.2 Å². The fourth-order valence-electron chi connectivity index (χ4n) is 2.99. The number of piperidine rings is 1. The van der Waals surface area contributed by atoms with Gasteiger partial charge in [0, 0.05) is 25.2 Å². The molecular weight excluding hydrogens is 320 g/mol. The lowest BCUT2D eigenvalue weighted by molar-refractivity contribution is 0.189. The van der Waals surface area contributed by atoms with Crippen LogP contribution in [0.25, 0.3) is 0 Å². The van der Waals surface area contributed by atoms with E-state index in [4.69, 9.17) is 11.6 Å². The number of hydrogen-bond donors (Lipinski definition) is 2. The molecule has 134 valence electrons. The number of rotatable bonds is 7. The molecule has 4 nitrogen and oxygen atoms in total. The number of guanidine groups is 1. The largest absolute Gasteiger partial charge is 0.356 e. The van der Waals surface area contributed by atoms with Crippen LogP contribution in [0.3, 0.4) is 0 Å². The van der Waals surface area contributed by atoms with Gasteiger partial charge in [-0.2, -0.15) is 0 Å². The quantitative estimate of drug-likeness (QED) is 0.449. The van der Waals surface area contributed by atoms with Gasteiger partial charge in [0.1, 0.15) is 0 Å². The van der Waals surface area contributed by atoms with Gasteiger partial charge in [-0.15, -0.1) is 0 Å². The highest BCUT2D eigenvalue weighted by Gasteiger charge is 2.14. The van der Waals surface area contributed by atoms with Crippen LogP contribution in [-0.2, 0) is 6.54 Å². The van der Waals surface area contributed by atoms with E-state index in [1.165, 1.54) is 45.3 Å². The molecule has 0 aromatic heterocycles. The second-order valence-electron chi connectivity index (χ2n) is 6.68. The molecule has 5 heteroatoms. The smallest absolute Gasteiger partial charge is 0.191 e. The average molecular weight is 351 g/mol. The Hall–Kier alpha value is -1.26. The first kappa shape index (κ1) is 19.1. The summed E-state index contributed by atoms with van der Waals surface area (Å²) in [5.74, 6) is 1.75. The highest BCUT2D eigenvalue weighted by atomic mass is 35.5. The molecule has 0 spiro atoms. The lowest BCUT2D eigenvalue weighted by Gasteiger charge is -2.30. The number of hydrogen-bond acceptors (Lipinski definition) is 2. The van der Waals surface area contributed by atoms with E-state index in [9.17, 15) is 0 Å². The van der Waals surface area contributed by atoms with Gasteiger partial charge in [0.25, 0.3) is 0 Å². The van der Waals surface area contributed by atoms with Crippen molar-refractivity contribution in [3.05, 3.63) is 34.9 Å². The Labute approximate surface area is 151 Å². The molecule has 1 aliphatic rings. The van der Waals surface area contributed by atoms with E-state index >= 15 is 0 Å². The number of halogens is 1. The first-order chi connectivity index (χ1) is 11.7. The van der Waals surface area contributed by atoms with Crippen LogP contribution < -0.4 is 10.6 Å². The van der Waals surface area contributed by atoms with E-state index < -0.39 is 0 Å². The summed E-state index contributed by atoms with van der Waals surface area (Å²) in [6.07, 6.45) is 5.12. The molecule has 0 radical (unpaired) electrons. The summed E-state index contributed by atoms with van der Waals surface area (Å²) < 4.78 is 0. The lowest BCUT2D eigenvalue weighted by Crippen LogP contribution is -2.38. The van der Waals surface area contributed by atoms with Crippen LogP contribution in [0.4, 0.5) is 0 Å². The zero-order valence-electron chi connectivity index (χ0n) is 15.0. The maximum atomic E-state index is 6.17. The standard InChI is InChI=1S/C19H31ClN4/c1-16-9-13-24(14-10-16)12-6-5-11-22-19(21-2)23-15-17-7-3-4-8-18(17)20/h3-4,7-8,16H,5-6,9-15H2,1-2H3,(H2,21,22,23). The SMILES string of the molecule is CN=C(NCCCCN1CCC(C)CC1)NCc1ccccc1Cl. The Balaban J connectivity index is 1.57. The zero-order valence-corrected chi connectivity index (χ0v) is 15.8. The molecular formula is C19H31ClN4. The minimum atomic E-state index is 0.686. The van der Waals surface area contributed by atoms with Crippen LogP contribution in [0.2, 0.25) is 5.02 Å². The molecule has 0 aliphatic carbocycles. The van der Waals surface area contributed by atoms with Gasteiger partial charge in [0.2, 0.25) is 0 Å². The summed E-state index contributed by atoms with van der Waals surface area (Å²) in [4.78, 5) is 6.87. The maximum absolute atomic E-state index is 6.17. The second kappa shape index (κ2) is 10.6. The summed E-state index contributed by atoms with van der Waals surface area (Å²) in [6.45, 7) is 7.77. The molecule has 1 aromatic carbocycles. The third-order valence-electron chi connectivity index (χ3n) is 4.70. The first-order valence-electron chi connectivity index (χ1n) is 9.09. The molecule has 24 heavy (non-hydrogen) atoms. The molecule has 1 heterocycles. The van der Waals surface area contributed by atoms with Crippen molar-refractivity contribution in [3.63, 3.8) is 0 Å². The van der Waals surface area contributed by atoms with Gasteiger partial charge in [-0.1, -0.05) is 36.7 Å². The van der Waals surface area contributed by atoms with Crippen LogP contribution in [0.15, 0.2) is 29.3 Å². The Kier molecular flexibility index (Phi) is 8.40. The third kappa shape index (κ3) is 6.70. The highest BCUT2D eigenvalue weighted by Crippen LogP contribution is 2.16. The normalized spacial score (nSPS) is 17.0. The summed E-state index contributed by atoms with van der Waals surface area (Å²) in [5.41, 5.74) is 1.08. The monoisotopic (exact) mass is 350 g/mol. The molecule has 0 amide bonds. The van der Waals surface area contributed by atoms with E-state index in [2.05, 4.69) is 27.4 Å². The molecule has 0 saturated carbocycles. The zero-order chi connectivity index (χ0) is 17.2. The Morgan fingerprint density at radius 1 is 1.21 bits per heavy atom. The summed E-state index contributed by atoms with van der Waals surface area (Å²) in [7, 11) is 1.80. The lowest BCUT2D eigenvalue weighted by atomic mass is 9.99. The molecule has 1 fully saturated rings. The summed E-state index contributed by atoms with van der Waals surface area (Å²) in [6, 6.07) is 7.89. The van der Waals surface area contributed by atoms with Gasteiger partial charge < -0.3 is 15.5 Å². The second-order valence-corrected chi connectivity index (χ2v) is 7.08. The van der Waals surface area contributed by atoms with Crippen LogP contribution in [-0.4, -0.2) is 44.1 Å². The Morgan fingerprint density at radius 3 is 2.67 bits per heavy atom. The molecule has 0 bridgehead atoms. The van der Waals surface area contributed by atoms with Crippen molar-refractivity contribution in [2.45, 2.75) is 39.2 Å². The van der Waals surface area contributed by atoms with E-state index in [1.807, 2.05) is 24.3 Å². The third-order valence-corrected chi connectivity index (χ3v) is 5.07. The minimum absolute atomic E-state index is 0.686. The Bertz CT molecular complexity index is 510. The number of likely N-dealkylation sites (tertiary alicyclic amines) is 1. The van der Waals surface area contributed by atoms with Crippen molar-refractivity contribution in [1.82, 2.24) is 15.5 Å². The number of nitrogens with one attached hydrogen (secondary N) is 2. The van der Waals surface area contributed by atoms with Crippen molar-refractivity contribution in [1.29, 1.82) is 0 Å². The molecule has 2 rings (SSSR count). The van der Waals surface area contributed by atoms with Gasteiger partial charge in [-0.25, -0.2) is 0 Å². The van der Waals surface area contributed by atoms with Crippen LogP contribution in [0.5, 0.6) is 0 Å². The molecule has 1 saturated heterocycles. The van der Waals surface area contributed by atoms with Gasteiger partial charge in [-0.05, 0) is 62.9 Å². The number of unbranched alkanes of at least 4 members (excludes halogenated alkanes) is 1. The summed E-state index contributed by atoms with van der Waals surface area (Å²) in [5, 5.41) is 7.49. The number of nitrogens with zero attached hydrogens (tertiary/aromatic N) is 2. The van der Waals surface area contributed by atoms with E-state index in [1.54, 1.807) is 7.05 Å². The molecule has 1 aromatic rings. The van der Waals surface area contributed by atoms with Crippen molar-refractivity contribution in [3.8, 4) is 0 Å². The fourth-order valence-corrected chi connectivity index (χ4v) is 3.20. The van der Waals surface area contributed by atoms with Gasteiger partial charge in [0.05, 0.1) is 0 Å². The van der Waals surface area contributed by atoms with Crippen LogP contribution >= 0.6 is 11.6 Å². The molecule has 0 unspecified atom stereocenters. The molecule has 2 N–H and O–H groups in total. The molecule has 1 aliphatic heterocycles. The van der Waals surface area contributed by atoms with Gasteiger partial charge in [-0.3, -0.25) is 4.99 Å². The van der Waals surface area contributed by atoms with E-state index in [0.29, 0.717) is 6.54 Å². The average Bonchev–Trinajstić information content (AvgIpc) is 2.60. The topological polar surface area (TPSA) is 39.7 Å². The first-order valence-corrected chi connectivity index (χ1v) is 9.47. The van der Waals surface area contributed by atoms with Gasteiger partial charge >= 0.3 is 0 Å². The van der Waals surface area contributed by atoms with Crippen molar-refractivity contribution in [2.75, 3.05) is 33.2 Å². The van der Waals surface area contributed by atoms with E-state index in [0.717, 1.165) is 29.0 Å². The number of aliphatic imine (C=N–C) groups is 1. The highest BCUT2D eigenvalue weighted by molar-refractivity contribution is 6.31. The fraction of sp³-hybridized carbons (Fsp3) is 0.632. The number of benzene rings is 1. The molecule has 0 atom stereocenters. The predicted octanol–water partition coefficient (Wildman–Crippen LogP) is 3.52. The van der Waals surface area contributed by atoms with Gasteiger partial charge in [0.15, 0.2) is 5.96 Å². The predicted molar refractivity (Wildman–Crippen MR) is 104 cm³/mol. The van der Waals surface area contributed by atoms with E-state index in [-0.39, 0.29) is 0 Å². The minimum Gasteiger partial charge on any atom is -0.356 e. The van der Waals surface area contributed by atoms with Crippen molar-refractivity contribution >= 4 is 17.6 Å². The summed E-state index contributed by atoms with van der Waals surface area (Å²) >= 11 is 6.17. The Morgan fingerprint density at radius 2 is 1.96 bits per heavy atom. The maximum Gasteiger partial charge on any atom is 0.191 e. The van der Waals surface area contributed by atoms with Crippen molar-refractivity contribution < 1.29 is 0 Å². The van der Waals surface area contributed by atoms with Crippen LogP contribution in [0, 0.1) is 5.92 Å².